The molecule has 4 heteroatoms. The third-order valence-corrected chi connectivity index (χ3v) is 4.20. The van der Waals surface area contributed by atoms with Gasteiger partial charge in [0, 0.05) is 36.2 Å². The molecule has 0 radical (unpaired) electrons. The number of morpholine rings is 1. The van der Waals surface area contributed by atoms with Crippen LogP contribution in [0.25, 0.3) is 10.9 Å². The van der Waals surface area contributed by atoms with Crippen molar-refractivity contribution in [2.24, 2.45) is 0 Å². The molecule has 4 nitrogen and oxygen atoms in total. The smallest absolute Gasteiger partial charge is 0.0991 e. The molecule has 1 aromatic heterocycles. The van der Waals surface area contributed by atoms with Crippen molar-refractivity contribution in [1.82, 2.24) is 9.47 Å². The molecule has 1 atom stereocenters. The minimum absolute atomic E-state index is 0.229. The van der Waals surface area contributed by atoms with Crippen molar-refractivity contribution >= 4 is 10.9 Å². The molecule has 2 aromatic rings. The first-order valence-corrected chi connectivity index (χ1v) is 7.52. The summed E-state index contributed by atoms with van der Waals surface area (Å²) in [5.41, 5.74) is 1.87. The topological polar surface area (TPSA) is 41.2 Å². The highest BCUT2D eigenvalue weighted by molar-refractivity contribution is 5.81. The van der Waals surface area contributed by atoms with Gasteiger partial charge < -0.3 is 9.30 Å². The van der Waals surface area contributed by atoms with Crippen molar-refractivity contribution < 1.29 is 4.74 Å². The Morgan fingerprint density at radius 2 is 2.24 bits per heavy atom. The maximum atomic E-state index is 8.96. The fourth-order valence-corrected chi connectivity index (χ4v) is 2.97. The molecule has 0 spiro atoms. The summed E-state index contributed by atoms with van der Waals surface area (Å²) in [4.78, 5) is 2.47. The van der Waals surface area contributed by atoms with Crippen LogP contribution in [-0.2, 0) is 11.3 Å². The molecule has 2 heterocycles. The van der Waals surface area contributed by atoms with Crippen LogP contribution in [0.15, 0.2) is 30.5 Å². The van der Waals surface area contributed by atoms with Crippen molar-refractivity contribution in [2.75, 3.05) is 19.7 Å². The summed E-state index contributed by atoms with van der Waals surface area (Å²) in [6.07, 6.45) is 2.32. The number of nitrogens with zero attached hydrogens (tertiary/aromatic N) is 3. The Bertz CT molecular complexity index is 668. The number of ether oxygens (including phenoxy) is 1. The minimum atomic E-state index is 0.229. The number of benzene rings is 1. The molecule has 1 aromatic carbocycles. The van der Waals surface area contributed by atoms with Gasteiger partial charge in [-0.05, 0) is 38.1 Å². The molecule has 1 aliphatic rings. The number of hydrogen-bond donors (Lipinski definition) is 0. The van der Waals surface area contributed by atoms with Crippen LogP contribution in [0.5, 0.6) is 0 Å². The molecule has 1 aliphatic heterocycles. The van der Waals surface area contributed by atoms with E-state index in [9.17, 15) is 0 Å². The molecular formula is C17H21N3O. The van der Waals surface area contributed by atoms with E-state index < -0.39 is 0 Å². The molecule has 0 saturated carbocycles. The fourth-order valence-electron chi connectivity index (χ4n) is 2.97. The summed E-state index contributed by atoms with van der Waals surface area (Å²) in [7, 11) is 0. The number of nitriles is 1. The molecule has 1 fully saturated rings. The molecule has 0 aliphatic carbocycles. The standard InChI is InChI=1S/C17H21N3O/c1-13(2)19-7-8-21-16(11-19)12-20-6-5-15-9-14(10-18)3-4-17(15)20/h3-6,9,13,16H,7-8,11-12H2,1-2H3. The monoisotopic (exact) mass is 283 g/mol. The Balaban J connectivity index is 1.77. The van der Waals surface area contributed by atoms with Gasteiger partial charge in [0.05, 0.1) is 30.9 Å². The lowest BCUT2D eigenvalue weighted by Gasteiger charge is -2.35. The molecule has 1 saturated heterocycles. The van der Waals surface area contributed by atoms with Crippen molar-refractivity contribution in [3.8, 4) is 6.07 Å². The number of rotatable bonds is 3. The molecule has 1 unspecified atom stereocenters. The Morgan fingerprint density at radius 3 is 3.00 bits per heavy atom. The van der Waals surface area contributed by atoms with Gasteiger partial charge in [0.1, 0.15) is 0 Å². The summed E-state index contributed by atoms with van der Waals surface area (Å²) in [5.74, 6) is 0. The predicted molar refractivity (Wildman–Crippen MR) is 83.1 cm³/mol. The van der Waals surface area contributed by atoms with Gasteiger partial charge in [-0.3, -0.25) is 4.90 Å². The zero-order valence-electron chi connectivity index (χ0n) is 12.6. The van der Waals surface area contributed by atoms with Gasteiger partial charge in [0.25, 0.3) is 0 Å². The van der Waals surface area contributed by atoms with E-state index in [0.29, 0.717) is 11.6 Å². The summed E-state index contributed by atoms with van der Waals surface area (Å²) in [5, 5.41) is 10.1. The largest absolute Gasteiger partial charge is 0.374 e. The second-order valence-corrected chi connectivity index (χ2v) is 5.93. The van der Waals surface area contributed by atoms with E-state index in [1.165, 1.54) is 5.52 Å². The van der Waals surface area contributed by atoms with Gasteiger partial charge in [0.2, 0.25) is 0 Å². The van der Waals surface area contributed by atoms with Crippen LogP contribution < -0.4 is 0 Å². The lowest BCUT2D eigenvalue weighted by atomic mass is 10.2. The van der Waals surface area contributed by atoms with Crippen LogP contribution in [-0.4, -0.2) is 41.3 Å². The van der Waals surface area contributed by atoms with E-state index in [0.717, 1.165) is 31.6 Å². The second-order valence-electron chi connectivity index (χ2n) is 5.93. The molecule has 21 heavy (non-hydrogen) atoms. The Morgan fingerprint density at radius 1 is 1.38 bits per heavy atom. The maximum Gasteiger partial charge on any atom is 0.0991 e. The zero-order chi connectivity index (χ0) is 14.8. The second kappa shape index (κ2) is 5.88. The lowest BCUT2D eigenvalue weighted by Crippen LogP contribution is -2.47. The van der Waals surface area contributed by atoms with Crippen LogP contribution in [0.3, 0.4) is 0 Å². The molecular weight excluding hydrogens is 262 g/mol. The average Bonchev–Trinajstić information content (AvgIpc) is 2.89. The highest BCUT2D eigenvalue weighted by Gasteiger charge is 2.22. The van der Waals surface area contributed by atoms with Crippen LogP contribution in [0.2, 0.25) is 0 Å². The van der Waals surface area contributed by atoms with Gasteiger partial charge in [-0.15, -0.1) is 0 Å². The Hall–Kier alpha value is -1.83. The van der Waals surface area contributed by atoms with Crippen molar-refractivity contribution in [3.05, 3.63) is 36.0 Å². The van der Waals surface area contributed by atoms with Gasteiger partial charge in [0.15, 0.2) is 0 Å². The van der Waals surface area contributed by atoms with Crippen molar-refractivity contribution in [2.45, 2.75) is 32.5 Å². The van der Waals surface area contributed by atoms with Crippen LogP contribution in [0.4, 0.5) is 0 Å². The number of aromatic nitrogens is 1. The summed E-state index contributed by atoms with van der Waals surface area (Å²) >= 11 is 0. The van der Waals surface area contributed by atoms with E-state index in [1.807, 2.05) is 18.2 Å². The summed E-state index contributed by atoms with van der Waals surface area (Å²) in [6, 6.07) is 10.7. The van der Waals surface area contributed by atoms with Gasteiger partial charge in [-0.2, -0.15) is 5.26 Å². The van der Waals surface area contributed by atoms with Gasteiger partial charge in [-0.25, -0.2) is 0 Å². The highest BCUT2D eigenvalue weighted by Crippen LogP contribution is 2.19. The van der Waals surface area contributed by atoms with Crippen molar-refractivity contribution in [3.63, 3.8) is 0 Å². The average molecular weight is 283 g/mol. The Kier molecular flexibility index (Phi) is 3.96. The van der Waals surface area contributed by atoms with Crippen LogP contribution >= 0.6 is 0 Å². The molecule has 110 valence electrons. The normalized spacial score (nSPS) is 20.0. The van der Waals surface area contributed by atoms with E-state index in [2.05, 4.69) is 41.6 Å². The first-order chi connectivity index (χ1) is 10.2. The first-order valence-electron chi connectivity index (χ1n) is 7.52. The van der Waals surface area contributed by atoms with E-state index in [-0.39, 0.29) is 6.10 Å². The molecule has 0 N–H and O–H groups in total. The van der Waals surface area contributed by atoms with Crippen LogP contribution in [0, 0.1) is 11.3 Å². The fraction of sp³-hybridized carbons (Fsp3) is 0.471. The first kappa shape index (κ1) is 14.1. The van der Waals surface area contributed by atoms with Crippen LogP contribution in [0.1, 0.15) is 19.4 Å². The minimum Gasteiger partial charge on any atom is -0.374 e. The summed E-state index contributed by atoms with van der Waals surface area (Å²) < 4.78 is 8.14. The lowest BCUT2D eigenvalue weighted by molar-refractivity contribution is -0.0451. The van der Waals surface area contributed by atoms with E-state index >= 15 is 0 Å². The maximum absolute atomic E-state index is 8.96. The zero-order valence-corrected chi connectivity index (χ0v) is 12.6. The highest BCUT2D eigenvalue weighted by atomic mass is 16.5. The van der Waals surface area contributed by atoms with E-state index in [4.69, 9.17) is 10.00 Å². The van der Waals surface area contributed by atoms with Gasteiger partial charge in [-0.1, -0.05) is 0 Å². The molecule has 0 bridgehead atoms. The third kappa shape index (κ3) is 2.94. The van der Waals surface area contributed by atoms with Gasteiger partial charge >= 0.3 is 0 Å². The Labute approximate surface area is 125 Å². The third-order valence-electron chi connectivity index (χ3n) is 4.20. The molecule has 3 rings (SSSR count). The molecule has 0 amide bonds. The quantitative estimate of drug-likeness (QED) is 0.869. The number of hydrogen-bond acceptors (Lipinski definition) is 3. The predicted octanol–water partition coefficient (Wildman–Crippen LogP) is 2.62. The van der Waals surface area contributed by atoms with E-state index in [1.54, 1.807) is 0 Å². The number of fused-ring (bicyclic) bond motifs is 1. The SMILES string of the molecule is CC(C)N1CCOC(Cn2ccc3cc(C#N)ccc32)C1. The summed E-state index contributed by atoms with van der Waals surface area (Å²) in [6.45, 7) is 8.13. The van der Waals surface area contributed by atoms with Crippen molar-refractivity contribution in [1.29, 1.82) is 5.26 Å².